The number of hydrogen-bond donors (Lipinski definition) is 2. The summed E-state index contributed by atoms with van der Waals surface area (Å²) in [6.07, 6.45) is 3.05. The van der Waals surface area contributed by atoms with Gasteiger partial charge < -0.3 is 15.0 Å². The van der Waals surface area contributed by atoms with Gasteiger partial charge in [0.1, 0.15) is 5.82 Å². The Labute approximate surface area is 160 Å². The lowest BCUT2D eigenvalue weighted by molar-refractivity contribution is -0.140. The van der Waals surface area contributed by atoms with Crippen LogP contribution >= 0.6 is 11.8 Å². The van der Waals surface area contributed by atoms with Crippen LogP contribution in [0.2, 0.25) is 0 Å². The normalized spacial score (nSPS) is 16.9. The summed E-state index contributed by atoms with van der Waals surface area (Å²) in [6.45, 7) is 2.18. The Morgan fingerprint density at radius 1 is 1.44 bits per heavy atom. The smallest absolute Gasteiger partial charge is 0.305 e. The van der Waals surface area contributed by atoms with Crippen LogP contribution in [-0.2, 0) is 16.0 Å². The Hall–Kier alpha value is -2.68. The number of nitrogens with one attached hydrogen (secondary N) is 1. The molecule has 0 aliphatic carbocycles. The van der Waals surface area contributed by atoms with E-state index in [0.717, 1.165) is 5.75 Å². The average Bonchev–Trinajstić information content (AvgIpc) is 2.65. The topological polar surface area (TPSA) is 116 Å². The maximum absolute atomic E-state index is 12.8. The van der Waals surface area contributed by atoms with Crippen LogP contribution in [0.3, 0.4) is 0 Å². The number of rotatable bonds is 5. The Morgan fingerprint density at radius 3 is 2.93 bits per heavy atom. The zero-order chi connectivity index (χ0) is 19.4. The van der Waals surface area contributed by atoms with E-state index in [-0.39, 0.29) is 30.3 Å². The maximum Gasteiger partial charge on any atom is 0.305 e. The molecule has 1 fully saturated rings. The van der Waals surface area contributed by atoms with Gasteiger partial charge in [-0.15, -0.1) is 0 Å². The first kappa shape index (κ1) is 19.1. The third-order valence-corrected chi connectivity index (χ3v) is 5.54. The largest absolute Gasteiger partial charge is 0.481 e. The molecule has 1 aliphatic heterocycles. The first-order chi connectivity index (χ1) is 13.0. The van der Waals surface area contributed by atoms with E-state index in [1.165, 1.54) is 0 Å². The van der Waals surface area contributed by atoms with Crippen molar-refractivity contribution in [2.24, 2.45) is 0 Å². The highest BCUT2D eigenvalue weighted by Crippen LogP contribution is 2.20. The Morgan fingerprint density at radius 2 is 2.26 bits per heavy atom. The van der Waals surface area contributed by atoms with E-state index in [1.807, 2.05) is 0 Å². The van der Waals surface area contributed by atoms with E-state index in [0.29, 0.717) is 34.9 Å². The quantitative estimate of drug-likeness (QED) is 0.788. The van der Waals surface area contributed by atoms with Crippen LogP contribution in [0.5, 0.6) is 0 Å². The predicted molar refractivity (Wildman–Crippen MR) is 102 cm³/mol. The fourth-order valence-electron chi connectivity index (χ4n) is 3.06. The molecule has 2 aromatic rings. The van der Waals surface area contributed by atoms with Crippen molar-refractivity contribution >= 4 is 23.6 Å². The van der Waals surface area contributed by atoms with Gasteiger partial charge in [-0.1, -0.05) is 0 Å². The molecule has 2 N–H and O–H groups in total. The Kier molecular flexibility index (Phi) is 5.90. The van der Waals surface area contributed by atoms with Crippen molar-refractivity contribution in [1.29, 1.82) is 0 Å². The highest BCUT2D eigenvalue weighted by atomic mass is 32.2. The molecule has 27 heavy (non-hydrogen) atoms. The number of aliphatic carboxylic acids is 1. The molecule has 142 valence electrons. The average molecular weight is 388 g/mol. The molecule has 0 bridgehead atoms. The molecule has 3 heterocycles. The fourth-order valence-corrected chi connectivity index (χ4v) is 4.13. The standard InChI is InChI=1S/C18H20N4O4S/c1-11-14(18(26)21-17(20-11)12-3-2-4-19-9-12)8-15(23)22-5-6-27-10-13(22)7-16(24)25/h2-4,9,13H,5-8,10H2,1H3,(H,24,25)(H,20,21,26). The second-order valence-corrected chi connectivity index (χ2v) is 7.46. The fraction of sp³-hybridized carbons (Fsp3) is 0.389. The number of aromatic amines is 1. The van der Waals surface area contributed by atoms with Crippen LogP contribution in [0, 0.1) is 6.92 Å². The molecule has 0 aromatic carbocycles. The molecule has 1 saturated heterocycles. The number of carbonyl (C=O) groups excluding carboxylic acids is 1. The van der Waals surface area contributed by atoms with Gasteiger partial charge in [0.2, 0.25) is 5.91 Å². The van der Waals surface area contributed by atoms with Crippen molar-refractivity contribution in [2.45, 2.75) is 25.8 Å². The molecule has 8 nitrogen and oxygen atoms in total. The number of H-pyrrole nitrogens is 1. The zero-order valence-electron chi connectivity index (χ0n) is 14.8. The number of carboxylic acids is 1. The van der Waals surface area contributed by atoms with E-state index in [2.05, 4.69) is 15.0 Å². The molecule has 0 spiro atoms. The first-order valence-corrected chi connectivity index (χ1v) is 9.70. The summed E-state index contributed by atoms with van der Waals surface area (Å²) in [4.78, 5) is 49.0. The Bertz CT molecular complexity index is 900. The van der Waals surface area contributed by atoms with Crippen LogP contribution in [0.15, 0.2) is 29.3 Å². The van der Waals surface area contributed by atoms with Gasteiger partial charge in [-0.25, -0.2) is 4.98 Å². The van der Waals surface area contributed by atoms with Crippen molar-refractivity contribution in [3.63, 3.8) is 0 Å². The lowest BCUT2D eigenvalue weighted by atomic mass is 10.1. The Balaban J connectivity index is 1.81. The second-order valence-electron chi connectivity index (χ2n) is 6.31. The van der Waals surface area contributed by atoms with Crippen molar-refractivity contribution in [2.75, 3.05) is 18.1 Å². The lowest BCUT2D eigenvalue weighted by Gasteiger charge is -2.34. The molecule has 1 unspecified atom stereocenters. The maximum atomic E-state index is 12.8. The van der Waals surface area contributed by atoms with Gasteiger partial charge in [0.15, 0.2) is 0 Å². The second kappa shape index (κ2) is 8.34. The number of amides is 1. The van der Waals surface area contributed by atoms with Gasteiger partial charge in [0.25, 0.3) is 5.56 Å². The van der Waals surface area contributed by atoms with Gasteiger partial charge in [0.05, 0.1) is 18.9 Å². The number of carboxylic acid groups (broad SMARTS) is 1. The van der Waals surface area contributed by atoms with Crippen molar-refractivity contribution in [3.05, 3.63) is 46.1 Å². The molecule has 1 atom stereocenters. The summed E-state index contributed by atoms with van der Waals surface area (Å²) in [5.41, 5.74) is 1.10. The van der Waals surface area contributed by atoms with E-state index >= 15 is 0 Å². The summed E-state index contributed by atoms with van der Waals surface area (Å²) in [6, 6.07) is 3.19. The third-order valence-electron chi connectivity index (χ3n) is 4.44. The number of aromatic nitrogens is 3. The highest BCUT2D eigenvalue weighted by Gasteiger charge is 2.29. The van der Waals surface area contributed by atoms with Crippen LogP contribution in [-0.4, -0.2) is 60.9 Å². The number of hydrogen-bond acceptors (Lipinski definition) is 6. The third kappa shape index (κ3) is 4.54. The minimum Gasteiger partial charge on any atom is -0.481 e. The summed E-state index contributed by atoms with van der Waals surface area (Å²) in [5, 5.41) is 9.06. The number of thioether (sulfide) groups is 1. The molecule has 9 heteroatoms. The molecule has 1 aliphatic rings. The predicted octanol–water partition coefficient (Wildman–Crippen LogP) is 1.10. The zero-order valence-corrected chi connectivity index (χ0v) is 15.7. The van der Waals surface area contributed by atoms with Gasteiger partial charge in [-0.2, -0.15) is 11.8 Å². The molecular formula is C18H20N4O4S. The van der Waals surface area contributed by atoms with E-state index < -0.39 is 5.97 Å². The summed E-state index contributed by atoms with van der Waals surface area (Å²) < 4.78 is 0. The van der Waals surface area contributed by atoms with Crippen molar-refractivity contribution in [3.8, 4) is 11.4 Å². The lowest BCUT2D eigenvalue weighted by Crippen LogP contribution is -2.48. The monoisotopic (exact) mass is 388 g/mol. The molecule has 0 saturated carbocycles. The van der Waals surface area contributed by atoms with Crippen LogP contribution in [0.1, 0.15) is 17.7 Å². The van der Waals surface area contributed by atoms with Crippen LogP contribution in [0.25, 0.3) is 11.4 Å². The van der Waals surface area contributed by atoms with E-state index in [9.17, 15) is 14.4 Å². The molecule has 2 aromatic heterocycles. The van der Waals surface area contributed by atoms with Gasteiger partial charge in [0, 0.05) is 47.3 Å². The number of aryl methyl sites for hydroxylation is 1. The number of nitrogens with zero attached hydrogens (tertiary/aromatic N) is 3. The van der Waals surface area contributed by atoms with Gasteiger partial charge in [-0.3, -0.25) is 19.4 Å². The SMILES string of the molecule is Cc1nc(-c2cccnc2)[nH]c(=O)c1CC(=O)N1CCSCC1CC(=O)O. The minimum atomic E-state index is -0.934. The van der Waals surface area contributed by atoms with E-state index in [4.69, 9.17) is 5.11 Å². The van der Waals surface area contributed by atoms with E-state index in [1.54, 1.807) is 48.1 Å². The molecule has 0 radical (unpaired) electrons. The van der Waals surface area contributed by atoms with Crippen LogP contribution < -0.4 is 5.56 Å². The molecule has 3 rings (SSSR count). The highest BCUT2D eigenvalue weighted by molar-refractivity contribution is 7.99. The first-order valence-electron chi connectivity index (χ1n) is 8.55. The minimum absolute atomic E-state index is 0.0910. The number of pyridine rings is 1. The summed E-state index contributed by atoms with van der Waals surface area (Å²) in [7, 11) is 0. The summed E-state index contributed by atoms with van der Waals surface area (Å²) >= 11 is 1.63. The van der Waals surface area contributed by atoms with Crippen molar-refractivity contribution < 1.29 is 14.7 Å². The van der Waals surface area contributed by atoms with Gasteiger partial charge in [-0.05, 0) is 19.1 Å². The van der Waals surface area contributed by atoms with Crippen molar-refractivity contribution in [1.82, 2.24) is 19.9 Å². The molecule has 1 amide bonds. The number of carbonyl (C=O) groups is 2. The summed E-state index contributed by atoms with van der Waals surface area (Å²) in [5.74, 6) is 0.573. The van der Waals surface area contributed by atoms with Crippen LogP contribution in [0.4, 0.5) is 0 Å². The molecular weight excluding hydrogens is 368 g/mol. The van der Waals surface area contributed by atoms with Gasteiger partial charge >= 0.3 is 5.97 Å².